The van der Waals surface area contributed by atoms with E-state index in [0.717, 1.165) is 37.5 Å². The second kappa shape index (κ2) is 4.22. The Kier molecular flexibility index (Phi) is 2.75. The highest BCUT2D eigenvalue weighted by atomic mass is 16.5. The molecule has 0 aliphatic heterocycles. The van der Waals surface area contributed by atoms with E-state index in [1.54, 1.807) is 7.11 Å². The van der Waals surface area contributed by atoms with Crippen molar-refractivity contribution in [2.75, 3.05) is 7.11 Å². The number of ether oxygens (including phenoxy) is 1. The lowest BCUT2D eigenvalue weighted by Crippen LogP contribution is -2.63. The number of fused-ring (bicyclic) bond motifs is 1. The van der Waals surface area contributed by atoms with Crippen LogP contribution in [0.4, 0.5) is 0 Å². The van der Waals surface area contributed by atoms with Gasteiger partial charge in [0.2, 0.25) is 0 Å². The molecule has 3 heteroatoms. The molecule has 4 bridgehead atoms. The summed E-state index contributed by atoms with van der Waals surface area (Å²) in [5, 5.41) is 11.3. The molecular formula is C21H32O3. The van der Waals surface area contributed by atoms with E-state index >= 15 is 0 Å². The molecule has 0 amide bonds. The van der Waals surface area contributed by atoms with Gasteiger partial charge in [-0.3, -0.25) is 4.79 Å². The molecule has 9 unspecified atom stereocenters. The van der Waals surface area contributed by atoms with Crippen LogP contribution in [-0.4, -0.2) is 24.3 Å². The Labute approximate surface area is 145 Å². The van der Waals surface area contributed by atoms with Crippen molar-refractivity contribution in [2.24, 2.45) is 45.3 Å². The van der Waals surface area contributed by atoms with E-state index in [2.05, 4.69) is 20.8 Å². The summed E-state index contributed by atoms with van der Waals surface area (Å²) in [6.45, 7) is 6.95. The molecule has 0 saturated heterocycles. The van der Waals surface area contributed by atoms with Crippen molar-refractivity contribution in [1.82, 2.24) is 0 Å². The van der Waals surface area contributed by atoms with Gasteiger partial charge in [-0.15, -0.1) is 0 Å². The third-order valence-electron chi connectivity index (χ3n) is 10.2. The van der Waals surface area contributed by atoms with Crippen molar-refractivity contribution >= 4 is 5.97 Å². The summed E-state index contributed by atoms with van der Waals surface area (Å²) in [6.07, 6.45) is 7.94. The van der Waals surface area contributed by atoms with Gasteiger partial charge in [0.1, 0.15) is 0 Å². The van der Waals surface area contributed by atoms with Gasteiger partial charge in [-0.05, 0) is 74.5 Å². The number of aliphatic hydroxyl groups excluding tert-OH is 1. The Bertz CT molecular complexity index is 616. The normalized spacial score (nSPS) is 63.3. The smallest absolute Gasteiger partial charge is 0.311 e. The van der Waals surface area contributed by atoms with Crippen LogP contribution in [0.2, 0.25) is 0 Å². The molecule has 0 heterocycles. The zero-order chi connectivity index (χ0) is 17.1. The predicted molar refractivity (Wildman–Crippen MR) is 91.1 cm³/mol. The van der Waals surface area contributed by atoms with Crippen LogP contribution in [0.15, 0.2) is 0 Å². The Morgan fingerprint density at radius 1 is 1.08 bits per heavy atom. The number of esters is 1. The van der Waals surface area contributed by atoms with Crippen LogP contribution < -0.4 is 0 Å². The lowest BCUT2D eigenvalue weighted by molar-refractivity contribution is -0.210. The second-order valence-corrected chi connectivity index (χ2v) is 10.6. The van der Waals surface area contributed by atoms with Crippen LogP contribution in [0, 0.1) is 45.3 Å². The predicted octanol–water partition coefficient (Wildman–Crippen LogP) is 3.79. The molecule has 134 valence electrons. The Balaban J connectivity index is 1.56. The number of aliphatic hydroxyl groups is 1. The molecular weight excluding hydrogens is 300 g/mol. The maximum Gasteiger partial charge on any atom is 0.311 e. The Morgan fingerprint density at radius 2 is 1.83 bits per heavy atom. The molecule has 24 heavy (non-hydrogen) atoms. The lowest BCUT2D eigenvalue weighted by atomic mass is 9.39. The minimum atomic E-state index is -0.332. The fourth-order valence-corrected chi connectivity index (χ4v) is 9.08. The minimum absolute atomic E-state index is 0.00604. The van der Waals surface area contributed by atoms with Crippen molar-refractivity contribution in [3.05, 3.63) is 0 Å². The molecule has 6 aliphatic carbocycles. The van der Waals surface area contributed by atoms with Crippen molar-refractivity contribution in [3.8, 4) is 0 Å². The first-order chi connectivity index (χ1) is 11.2. The highest BCUT2D eigenvalue weighted by Gasteiger charge is 2.82. The molecule has 6 aliphatic rings. The van der Waals surface area contributed by atoms with Gasteiger partial charge in [0.15, 0.2) is 0 Å². The highest BCUT2D eigenvalue weighted by molar-refractivity contribution is 5.77. The molecule has 0 aromatic rings. The number of carbonyl (C=O) groups excluding carboxylic acids is 1. The summed E-state index contributed by atoms with van der Waals surface area (Å²) < 4.78 is 5.24. The van der Waals surface area contributed by atoms with Gasteiger partial charge >= 0.3 is 5.97 Å². The third kappa shape index (κ3) is 1.38. The van der Waals surface area contributed by atoms with Crippen LogP contribution in [0.1, 0.15) is 65.7 Å². The van der Waals surface area contributed by atoms with Gasteiger partial charge in [-0.2, -0.15) is 0 Å². The van der Waals surface area contributed by atoms with Gasteiger partial charge < -0.3 is 9.84 Å². The summed E-state index contributed by atoms with van der Waals surface area (Å²) in [6, 6.07) is 0. The molecule has 1 spiro atoms. The van der Waals surface area contributed by atoms with E-state index in [1.165, 1.54) is 19.3 Å². The number of hydrogen-bond acceptors (Lipinski definition) is 3. The zero-order valence-corrected chi connectivity index (χ0v) is 15.6. The van der Waals surface area contributed by atoms with E-state index in [9.17, 15) is 9.90 Å². The summed E-state index contributed by atoms with van der Waals surface area (Å²) in [4.78, 5) is 12.7. The molecule has 1 N–H and O–H groups in total. The summed E-state index contributed by atoms with van der Waals surface area (Å²) in [7, 11) is 1.54. The molecule has 3 nitrogen and oxygen atoms in total. The van der Waals surface area contributed by atoms with Crippen LogP contribution in [0.25, 0.3) is 0 Å². The van der Waals surface area contributed by atoms with Crippen molar-refractivity contribution < 1.29 is 14.6 Å². The maximum absolute atomic E-state index is 12.7. The average molecular weight is 332 g/mol. The van der Waals surface area contributed by atoms with Gasteiger partial charge in [-0.1, -0.05) is 20.3 Å². The first kappa shape index (κ1) is 15.7. The van der Waals surface area contributed by atoms with Gasteiger partial charge in [-0.25, -0.2) is 0 Å². The Morgan fingerprint density at radius 3 is 2.46 bits per heavy atom. The fraction of sp³-hybridized carbons (Fsp3) is 0.952. The standard InChI is InChI=1S/C21H32O3/c1-18-7-5-8-19(2,17(23)24-4)14(18)6-9-21-11-13-12(10-15(18)21)20(13,3)16(21)22/h12-16,22H,5-11H2,1-4H3. The first-order valence-electron chi connectivity index (χ1n) is 10.0. The Hall–Kier alpha value is -0.570. The van der Waals surface area contributed by atoms with E-state index in [0.29, 0.717) is 11.8 Å². The lowest BCUT2D eigenvalue weighted by Gasteiger charge is -2.66. The molecule has 6 rings (SSSR count). The summed E-state index contributed by atoms with van der Waals surface area (Å²) >= 11 is 0. The summed E-state index contributed by atoms with van der Waals surface area (Å²) in [5.74, 6) is 2.52. The van der Waals surface area contributed by atoms with E-state index in [4.69, 9.17) is 4.74 Å². The quantitative estimate of drug-likeness (QED) is 0.743. The monoisotopic (exact) mass is 332 g/mol. The highest BCUT2D eigenvalue weighted by Crippen LogP contribution is 2.85. The average Bonchev–Trinajstić information content (AvgIpc) is 3.09. The molecule has 9 atom stereocenters. The van der Waals surface area contributed by atoms with E-state index in [1.807, 2.05) is 0 Å². The fourth-order valence-electron chi connectivity index (χ4n) is 9.08. The van der Waals surface area contributed by atoms with Crippen LogP contribution in [0.3, 0.4) is 0 Å². The van der Waals surface area contributed by atoms with Crippen LogP contribution in [0.5, 0.6) is 0 Å². The maximum atomic E-state index is 12.7. The van der Waals surface area contributed by atoms with Crippen molar-refractivity contribution in [1.29, 1.82) is 0 Å². The van der Waals surface area contributed by atoms with Gasteiger partial charge in [0.25, 0.3) is 0 Å². The third-order valence-corrected chi connectivity index (χ3v) is 10.2. The molecule has 6 fully saturated rings. The SMILES string of the molecule is COC(=O)C1(C)CCCC2(C)C1CCC13CC4C(CC21)C4(C)C3O. The van der Waals surface area contributed by atoms with Crippen LogP contribution >= 0.6 is 0 Å². The molecule has 0 radical (unpaired) electrons. The number of rotatable bonds is 1. The second-order valence-electron chi connectivity index (χ2n) is 10.6. The molecule has 6 saturated carbocycles. The zero-order valence-electron chi connectivity index (χ0n) is 15.6. The minimum Gasteiger partial charge on any atom is -0.469 e. The topological polar surface area (TPSA) is 46.5 Å². The van der Waals surface area contributed by atoms with Gasteiger partial charge in [0, 0.05) is 10.8 Å². The first-order valence-corrected chi connectivity index (χ1v) is 10.0. The van der Waals surface area contributed by atoms with Crippen molar-refractivity contribution in [3.63, 3.8) is 0 Å². The van der Waals surface area contributed by atoms with Crippen molar-refractivity contribution in [2.45, 2.75) is 71.8 Å². The number of carbonyl (C=O) groups is 1. The van der Waals surface area contributed by atoms with Gasteiger partial charge in [0.05, 0.1) is 18.6 Å². The van der Waals surface area contributed by atoms with E-state index < -0.39 is 0 Å². The largest absolute Gasteiger partial charge is 0.469 e. The van der Waals surface area contributed by atoms with E-state index in [-0.39, 0.29) is 33.7 Å². The molecule has 0 aromatic carbocycles. The summed E-state index contributed by atoms with van der Waals surface area (Å²) in [5.41, 5.74) is 0.227. The molecule has 0 aromatic heterocycles. The van der Waals surface area contributed by atoms with Crippen LogP contribution in [-0.2, 0) is 9.53 Å². The number of hydrogen-bond donors (Lipinski definition) is 1. The number of methoxy groups -OCH3 is 1.